The molecule has 374 valence electrons. The molecule has 2 aliphatic heterocycles. The summed E-state index contributed by atoms with van der Waals surface area (Å²) in [6.07, 6.45) is 22.8. The second kappa shape index (κ2) is 44.3. The van der Waals surface area contributed by atoms with Crippen molar-refractivity contribution in [3.05, 3.63) is 204 Å². The monoisotopic (exact) mass is 1040 g/mol. The topological polar surface area (TPSA) is 205 Å². The number of para-hydroxylation sites is 2. The molecule has 4 aromatic carbocycles. The first-order valence-corrected chi connectivity index (χ1v) is 26.0. The van der Waals surface area contributed by atoms with E-state index in [0.29, 0.717) is 0 Å². The largest absolute Gasteiger partial charge is 0.464 e. The lowest BCUT2D eigenvalue weighted by Crippen LogP contribution is -1.76. The minimum atomic E-state index is 0.778. The molecule has 11 aromatic rings. The van der Waals surface area contributed by atoms with Gasteiger partial charge in [-0.15, -0.1) is 32.9 Å². The van der Waals surface area contributed by atoms with Crippen LogP contribution >= 0.6 is 45.7 Å². The summed E-state index contributed by atoms with van der Waals surface area (Å²) < 4.78 is 23.4. The number of aromatic nitrogens is 9. The van der Waals surface area contributed by atoms with Crippen LogP contribution in [0.5, 0.6) is 0 Å². The van der Waals surface area contributed by atoms with Gasteiger partial charge in [-0.05, 0) is 93.9 Å². The van der Waals surface area contributed by atoms with Crippen LogP contribution in [0.25, 0.3) is 37.3 Å². The van der Waals surface area contributed by atoms with Crippen molar-refractivity contribution >= 4 is 95.6 Å². The van der Waals surface area contributed by atoms with Gasteiger partial charge in [0.1, 0.15) is 30.0 Å². The van der Waals surface area contributed by atoms with Crippen molar-refractivity contribution in [2.24, 2.45) is 20.2 Å². The Morgan fingerprint density at radius 2 is 1.40 bits per heavy atom. The molecular formula is C52H59N13O3S4. The number of nitrogens with zero attached hydrogens (tertiary/aromatic N) is 13. The molecule has 1 aliphatic carbocycles. The third kappa shape index (κ3) is 28.6. The van der Waals surface area contributed by atoms with Crippen LogP contribution in [0.15, 0.2) is 227 Å². The summed E-state index contributed by atoms with van der Waals surface area (Å²) in [4.78, 5) is 18.6. The first-order valence-electron chi connectivity index (χ1n) is 22.6. The van der Waals surface area contributed by atoms with Gasteiger partial charge in [0.05, 0.1) is 47.5 Å². The molecule has 0 bridgehead atoms. The standard InChI is InChI=1S/C9H8.C8H6O.C8H6S.C7H5NS.2C3H4N2.2C2H2N2O.2C2H2N2S.3C2H6/c1-2-5-9-7-3-6-8(9)4-1;2*1-2-4-8-7(3-1)5-6-9-8;1-2-4-7-6(3-1)8-5-9-7;1-2-5-3-4-1;1-2-4-5-3-1;1-3-2-5-4-1;1-2-5-4-3-1;1-3-2-5-4-1;1-2-5-4-3-1;3*1-2/h1-6H,7H2;2*1-6H;1-5H;1,3H,2H2;1-2H,3H2;4*1-2H;3*1-2H3. The minimum absolute atomic E-state index is 0.778. The van der Waals surface area contributed by atoms with Crippen LogP contribution in [0.2, 0.25) is 0 Å². The van der Waals surface area contributed by atoms with E-state index in [1.165, 1.54) is 80.5 Å². The molecule has 3 aliphatic rings. The maximum atomic E-state index is 5.12. The van der Waals surface area contributed by atoms with E-state index in [0.717, 1.165) is 36.0 Å². The van der Waals surface area contributed by atoms with E-state index in [2.05, 4.69) is 152 Å². The van der Waals surface area contributed by atoms with E-state index < -0.39 is 0 Å². The fourth-order valence-corrected chi connectivity index (χ4v) is 6.84. The number of thiophene rings is 1. The maximum Gasteiger partial charge on any atom is 0.213 e. The Hall–Kier alpha value is -7.91. The molecule has 14 rings (SSSR count). The molecule has 0 atom stereocenters. The maximum absolute atomic E-state index is 5.12. The van der Waals surface area contributed by atoms with Crippen LogP contribution in [0.1, 0.15) is 52.7 Å². The van der Waals surface area contributed by atoms with E-state index in [9.17, 15) is 0 Å². The lowest BCUT2D eigenvalue weighted by atomic mass is 10.1. The summed E-state index contributed by atoms with van der Waals surface area (Å²) >= 11 is 6.17. The average Bonchev–Trinajstić information content (AvgIpc) is 4.30. The highest BCUT2D eigenvalue weighted by molar-refractivity contribution is 7.17. The molecule has 9 heterocycles. The second-order valence-electron chi connectivity index (χ2n) is 12.0. The molecule has 0 radical (unpaired) electrons. The number of benzene rings is 4. The average molecular weight is 1040 g/mol. The third-order valence-corrected chi connectivity index (χ3v) is 10.2. The van der Waals surface area contributed by atoms with Gasteiger partial charge in [-0.1, -0.05) is 136 Å². The minimum Gasteiger partial charge on any atom is -0.464 e. The first-order chi connectivity index (χ1) is 35.9. The Balaban J connectivity index is 0.000000274. The molecule has 0 fully saturated rings. The van der Waals surface area contributed by atoms with Gasteiger partial charge in [0.2, 0.25) is 6.39 Å². The van der Waals surface area contributed by atoms with E-state index in [4.69, 9.17) is 4.42 Å². The predicted octanol–water partition coefficient (Wildman–Crippen LogP) is 15.2. The smallest absolute Gasteiger partial charge is 0.213 e. The Morgan fingerprint density at radius 3 is 1.90 bits per heavy atom. The predicted molar refractivity (Wildman–Crippen MR) is 300 cm³/mol. The van der Waals surface area contributed by atoms with Crippen LogP contribution in [0.3, 0.4) is 0 Å². The van der Waals surface area contributed by atoms with Crippen LogP contribution < -0.4 is 0 Å². The van der Waals surface area contributed by atoms with Gasteiger partial charge >= 0.3 is 0 Å². The van der Waals surface area contributed by atoms with E-state index >= 15 is 0 Å². The van der Waals surface area contributed by atoms with Crippen LogP contribution in [0, 0.1) is 0 Å². The van der Waals surface area contributed by atoms with Crippen molar-refractivity contribution in [2.45, 2.75) is 48.0 Å². The van der Waals surface area contributed by atoms with Crippen molar-refractivity contribution in [2.75, 3.05) is 13.1 Å². The van der Waals surface area contributed by atoms with Gasteiger partial charge in [-0.3, -0.25) is 4.99 Å². The molecule has 0 saturated heterocycles. The van der Waals surface area contributed by atoms with Crippen molar-refractivity contribution in [1.29, 1.82) is 0 Å². The summed E-state index contributed by atoms with van der Waals surface area (Å²) in [5, 5.41) is 26.7. The molecule has 7 aromatic heterocycles. The quantitative estimate of drug-likeness (QED) is 0.139. The summed E-state index contributed by atoms with van der Waals surface area (Å²) in [5.74, 6) is 0. The molecule has 0 N–H and O–H groups in total. The highest BCUT2D eigenvalue weighted by atomic mass is 32.1. The van der Waals surface area contributed by atoms with Crippen molar-refractivity contribution in [3.8, 4) is 0 Å². The zero-order valence-electron chi connectivity index (χ0n) is 41.0. The number of hydrogen-bond acceptors (Lipinski definition) is 20. The van der Waals surface area contributed by atoms with E-state index in [1.807, 2.05) is 107 Å². The summed E-state index contributed by atoms with van der Waals surface area (Å²) in [6.45, 7) is 13.6. The lowest BCUT2D eigenvalue weighted by molar-refractivity contribution is 0.393. The number of fused-ring (bicyclic) bond motifs is 4. The van der Waals surface area contributed by atoms with E-state index in [1.54, 1.807) is 59.4 Å². The fourth-order valence-electron chi connectivity index (χ4n) is 4.83. The number of rotatable bonds is 0. The van der Waals surface area contributed by atoms with Gasteiger partial charge in [-0.25, -0.2) is 19.9 Å². The van der Waals surface area contributed by atoms with Gasteiger partial charge in [0, 0.05) is 33.2 Å². The second-order valence-corrected chi connectivity index (χ2v) is 15.1. The first kappa shape index (κ1) is 60.2. The Morgan fingerprint density at radius 1 is 0.611 bits per heavy atom. The number of azo groups is 1. The molecule has 0 spiro atoms. The van der Waals surface area contributed by atoms with Gasteiger partial charge in [0.15, 0.2) is 6.33 Å². The fraction of sp³-hybridized carbons (Fsp3) is 0.173. The van der Waals surface area contributed by atoms with Gasteiger partial charge in [0.25, 0.3) is 0 Å². The van der Waals surface area contributed by atoms with Gasteiger partial charge < -0.3 is 13.5 Å². The normalized spacial score (nSPS) is 10.5. The lowest BCUT2D eigenvalue weighted by Gasteiger charge is -1.93. The zero-order valence-corrected chi connectivity index (χ0v) is 44.3. The Bertz CT molecular complexity index is 2490. The van der Waals surface area contributed by atoms with Gasteiger partial charge in [-0.2, -0.15) is 14.6 Å². The summed E-state index contributed by atoms with van der Waals surface area (Å²) in [5.41, 5.74) is 8.44. The van der Waals surface area contributed by atoms with Crippen molar-refractivity contribution < 1.29 is 13.5 Å². The third-order valence-electron chi connectivity index (χ3n) is 7.66. The number of aliphatic imine (C=N–C) groups is 2. The number of furan rings is 1. The highest BCUT2D eigenvalue weighted by Crippen LogP contribution is 2.19. The van der Waals surface area contributed by atoms with E-state index in [-0.39, 0.29) is 0 Å². The molecule has 20 heteroatoms. The SMILES string of the molecule is C1=CN=NC1.C1=Cc2ccccc2C1.C1=NC=NC1.CC.CC.CC.c1ccc2occc2c1.c1ccc2sccc2c1.c1ccc2scnc2c1.c1conn1.c1csnn1.c1ncon1.c1ncsn1. The van der Waals surface area contributed by atoms with Crippen LogP contribution in [-0.4, -0.2) is 70.1 Å². The zero-order chi connectivity index (χ0) is 51.6. The summed E-state index contributed by atoms with van der Waals surface area (Å²) in [7, 11) is 0. The number of allylic oxidation sites excluding steroid dienone is 1. The molecule has 72 heavy (non-hydrogen) atoms. The Kier molecular flexibility index (Phi) is 37.1. The van der Waals surface area contributed by atoms with Crippen LogP contribution in [-0.2, 0) is 6.42 Å². The van der Waals surface area contributed by atoms with Crippen molar-refractivity contribution in [1.82, 2.24) is 44.4 Å². The highest BCUT2D eigenvalue weighted by Gasteiger charge is 2.00. The molecule has 16 nitrogen and oxygen atoms in total. The molecule has 0 unspecified atom stereocenters. The molecular weight excluding hydrogens is 983 g/mol. The number of thiazole rings is 1. The molecule has 0 amide bonds. The molecule has 0 saturated carbocycles. The Labute approximate surface area is 436 Å². The van der Waals surface area contributed by atoms with Crippen LogP contribution in [0.4, 0.5) is 0 Å². The number of hydrogen-bond donors (Lipinski definition) is 0. The summed E-state index contributed by atoms with van der Waals surface area (Å²) in [6, 6.07) is 37.1. The van der Waals surface area contributed by atoms with Crippen molar-refractivity contribution in [3.63, 3.8) is 0 Å².